The summed E-state index contributed by atoms with van der Waals surface area (Å²) in [6.07, 6.45) is -1.29. The fourth-order valence-electron chi connectivity index (χ4n) is 2.28. The van der Waals surface area contributed by atoms with Crippen LogP contribution in [0.15, 0.2) is 53.4 Å². The van der Waals surface area contributed by atoms with Crippen molar-refractivity contribution in [1.82, 2.24) is 4.31 Å². The average Bonchev–Trinajstić information content (AvgIpc) is 2.68. The number of amides is 1. The number of esters is 1. The molecule has 0 bridgehead atoms. The molecule has 0 spiro atoms. The maximum atomic E-state index is 13.0. The quantitative estimate of drug-likeness (QED) is 0.377. The molecule has 1 unspecified atom stereocenters. The van der Waals surface area contributed by atoms with Crippen LogP contribution in [0.1, 0.15) is 6.92 Å². The maximum absolute atomic E-state index is 13.0. The molecule has 1 amide bonds. The SMILES string of the molecule is CC(OC(=O)CN(C)S(=O)(=O)c1ccc(F)cc1)C(=O)Nc1cccc([N+](=O)[O-])c1. The van der Waals surface area contributed by atoms with Gasteiger partial charge in [-0.05, 0) is 37.3 Å². The Kier molecular flexibility index (Phi) is 7.19. The number of non-ortho nitro benzene ring substituents is 1. The number of rotatable bonds is 8. The van der Waals surface area contributed by atoms with Crippen molar-refractivity contribution in [2.45, 2.75) is 17.9 Å². The summed E-state index contributed by atoms with van der Waals surface area (Å²) in [6, 6.07) is 9.23. The lowest BCUT2D eigenvalue weighted by Gasteiger charge is -2.18. The zero-order chi connectivity index (χ0) is 22.5. The van der Waals surface area contributed by atoms with Gasteiger partial charge in [-0.1, -0.05) is 6.07 Å². The Bertz CT molecular complexity index is 1060. The standard InChI is InChI=1S/C18H18FN3O7S/c1-12(18(24)20-14-4-3-5-15(10-14)22(25)26)29-17(23)11-21(2)30(27,28)16-8-6-13(19)7-9-16/h3-10,12H,11H2,1-2H3,(H,20,24). The number of benzene rings is 2. The van der Waals surface area contributed by atoms with Crippen LogP contribution in [-0.4, -0.2) is 49.2 Å². The molecule has 0 radical (unpaired) electrons. The van der Waals surface area contributed by atoms with Crippen molar-refractivity contribution in [3.63, 3.8) is 0 Å². The second-order valence-electron chi connectivity index (χ2n) is 6.14. The van der Waals surface area contributed by atoms with Gasteiger partial charge in [0.25, 0.3) is 11.6 Å². The molecule has 0 aliphatic heterocycles. The van der Waals surface area contributed by atoms with Gasteiger partial charge in [0.15, 0.2) is 6.10 Å². The normalized spacial score (nSPS) is 12.3. The van der Waals surface area contributed by atoms with Crippen molar-refractivity contribution in [2.75, 3.05) is 18.9 Å². The van der Waals surface area contributed by atoms with E-state index >= 15 is 0 Å². The van der Waals surface area contributed by atoms with E-state index in [1.165, 1.54) is 25.1 Å². The van der Waals surface area contributed by atoms with Crippen molar-refractivity contribution in [1.29, 1.82) is 0 Å². The van der Waals surface area contributed by atoms with Crippen LogP contribution in [0.3, 0.4) is 0 Å². The second-order valence-corrected chi connectivity index (χ2v) is 8.19. The molecule has 160 valence electrons. The summed E-state index contributed by atoms with van der Waals surface area (Å²) < 4.78 is 43.4. The van der Waals surface area contributed by atoms with Crippen LogP contribution in [0.5, 0.6) is 0 Å². The summed E-state index contributed by atoms with van der Waals surface area (Å²) in [7, 11) is -2.93. The van der Waals surface area contributed by atoms with Gasteiger partial charge in [-0.3, -0.25) is 19.7 Å². The molecule has 0 saturated heterocycles. The largest absolute Gasteiger partial charge is 0.452 e. The number of nitro groups is 1. The maximum Gasteiger partial charge on any atom is 0.322 e. The first-order valence-electron chi connectivity index (χ1n) is 8.47. The zero-order valence-electron chi connectivity index (χ0n) is 15.9. The molecule has 0 aliphatic carbocycles. The molecule has 2 aromatic carbocycles. The molecular formula is C18H18FN3O7S. The minimum atomic E-state index is -4.07. The van der Waals surface area contributed by atoms with Gasteiger partial charge in [-0.25, -0.2) is 12.8 Å². The van der Waals surface area contributed by atoms with E-state index in [0.29, 0.717) is 4.31 Å². The number of hydrogen-bond acceptors (Lipinski definition) is 7. The van der Waals surface area contributed by atoms with Gasteiger partial charge in [-0.15, -0.1) is 0 Å². The molecule has 1 N–H and O–H groups in total. The van der Waals surface area contributed by atoms with Crippen molar-refractivity contribution in [3.8, 4) is 0 Å². The van der Waals surface area contributed by atoms with Crippen molar-refractivity contribution in [3.05, 3.63) is 64.5 Å². The van der Waals surface area contributed by atoms with Crippen molar-refractivity contribution >= 4 is 33.3 Å². The Morgan fingerprint density at radius 1 is 1.23 bits per heavy atom. The number of carbonyl (C=O) groups is 2. The van der Waals surface area contributed by atoms with Gasteiger partial charge < -0.3 is 10.1 Å². The number of ether oxygens (including phenoxy) is 1. The van der Waals surface area contributed by atoms with Crippen molar-refractivity contribution in [2.24, 2.45) is 0 Å². The highest BCUT2D eigenvalue weighted by molar-refractivity contribution is 7.89. The van der Waals surface area contributed by atoms with E-state index < -0.39 is 45.3 Å². The third-order valence-corrected chi connectivity index (χ3v) is 5.69. The lowest BCUT2D eigenvalue weighted by Crippen LogP contribution is -2.37. The van der Waals surface area contributed by atoms with E-state index in [0.717, 1.165) is 37.4 Å². The molecule has 2 aromatic rings. The molecule has 0 aromatic heterocycles. The Morgan fingerprint density at radius 2 is 1.87 bits per heavy atom. The second kappa shape index (κ2) is 9.41. The minimum absolute atomic E-state index is 0.133. The number of sulfonamides is 1. The predicted octanol–water partition coefficient (Wildman–Crippen LogP) is 1.92. The van der Waals surface area contributed by atoms with E-state index in [2.05, 4.69) is 5.32 Å². The number of anilines is 1. The van der Waals surface area contributed by atoms with Gasteiger partial charge >= 0.3 is 5.97 Å². The first-order chi connectivity index (χ1) is 14.0. The monoisotopic (exact) mass is 439 g/mol. The van der Waals surface area contributed by atoms with Gasteiger partial charge in [-0.2, -0.15) is 4.31 Å². The predicted molar refractivity (Wildman–Crippen MR) is 103 cm³/mol. The molecule has 0 fully saturated rings. The molecule has 0 aliphatic rings. The molecule has 10 nitrogen and oxygen atoms in total. The van der Waals surface area contributed by atoms with Gasteiger partial charge in [0.2, 0.25) is 10.0 Å². The fourth-order valence-corrected chi connectivity index (χ4v) is 3.40. The van der Waals surface area contributed by atoms with Crippen LogP contribution in [0.2, 0.25) is 0 Å². The highest BCUT2D eigenvalue weighted by Crippen LogP contribution is 2.18. The third kappa shape index (κ3) is 5.81. The lowest BCUT2D eigenvalue weighted by atomic mass is 10.2. The Labute approximate surface area is 171 Å². The molecule has 1 atom stereocenters. The smallest absolute Gasteiger partial charge is 0.322 e. The molecule has 30 heavy (non-hydrogen) atoms. The molecule has 2 rings (SSSR count). The number of carbonyl (C=O) groups excluding carboxylic acids is 2. The van der Waals surface area contributed by atoms with Crippen LogP contribution in [0, 0.1) is 15.9 Å². The summed E-state index contributed by atoms with van der Waals surface area (Å²) in [5.74, 6) is -2.36. The Hall–Kier alpha value is -3.38. The van der Waals surface area contributed by atoms with Crippen LogP contribution in [-0.2, 0) is 24.3 Å². The van der Waals surface area contributed by atoms with E-state index in [-0.39, 0.29) is 16.3 Å². The highest BCUT2D eigenvalue weighted by atomic mass is 32.2. The molecule has 12 heteroatoms. The summed E-state index contributed by atoms with van der Waals surface area (Å²) in [6.45, 7) is 0.577. The number of nitro benzene ring substituents is 1. The number of hydrogen-bond donors (Lipinski definition) is 1. The van der Waals surface area contributed by atoms with E-state index in [1.807, 2.05) is 0 Å². The molecule has 0 saturated carbocycles. The summed E-state index contributed by atoms with van der Waals surface area (Å²) >= 11 is 0. The van der Waals surface area contributed by atoms with E-state index in [4.69, 9.17) is 4.74 Å². The minimum Gasteiger partial charge on any atom is -0.452 e. The van der Waals surface area contributed by atoms with E-state index in [1.54, 1.807) is 0 Å². The molecular weight excluding hydrogens is 421 g/mol. The van der Waals surface area contributed by atoms with Gasteiger partial charge in [0, 0.05) is 24.9 Å². The Morgan fingerprint density at radius 3 is 2.47 bits per heavy atom. The molecule has 0 heterocycles. The zero-order valence-corrected chi connectivity index (χ0v) is 16.8. The number of halogens is 1. The lowest BCUT2D eigenvalue weighted by molar-refractivity contribution is -0.384. The van der Waals surface area contributed by atoms with Crippen LogP contribution >= 0.6 is 0 Å². The first-order valence-corrected chi connectivity index (χ1v) is 9.91. The number of nitrogens with one attached hydrogen (secondary N) is 1. The highest BCUT2D eigenvalue weighted by Gasteiger charge is 2.26. The van der Waals surface area contributed by atoms with Crippen LogP contribution < -0.4 is 5.32 Å². The average molecular weight is 439 g/mol. The first kappa shape index (κ1) is 22.9. The number of likely N-dealkylation sites (N-methyl/N-ethyl adjacent to an activating group) is 1. The van der Waals surface area contributed by atoms with Gasteiger partial charge in [0.05, 0.1) is 9.82 Å². The fraction of sp³-hybridized carbons (Fsp3) is 0.222. The topological polar surface area (TPSA) is 136 Å². The van der Waals surface area contributed by atoms with Crippen molar-refractivity contribution < 1.29 is 32.1 Å². The number of nitrogens with zero attached hydrogens (tertiary/aromatic N) is 2. The summed E-state index contributed by atoms with van der Waals surface area (Å²) in [5.41, 5.74) is -0.0989. The van der Waals surface area contributed by atoms with E-state index in [9.17, 15) is 32.5 Å². The Balaban J connectivity index is 1.96. The van der Waals surface area contributed by atoms with Crippen LogP contribution in [0.25, 0.3) is 0 Å². The summed E-state index contributed by atoms with van der Waals surface area (Å²) in [5, 5.41) is 13.1. The van der Waals surface area contributed by atoms with Crippen LogP contribution in [0.4, 0.5) is 15.8 Å². The summed E-state index contributed by atoms with van der Waals surface area (Å²) in [4.78, 5) is 34.1. The van der Waals surface area contributed by atoms with Gasteiger partial charge in [0.1, 0.15) is 12.4 Å². The third-order valence-electron chi connectivity index (χ3n) is 3.88.